The SMILES string of the molecule is Cc1cc(-c2ccsc2)cc(C=O)c1O. The fourth-order valence-corrected chi connectivity index (χ4v) is 2.16. The van der Waals surface area contributed by atoms with Gasteiger partial charge in [-0.3, -0.25) is 4.79 Å². The highest BCUT2D eigenvalue weighted by molar-refractivity contribution is 7.08. The number of carbonyl (C=O) groups excluding carboxylic acids is 1. The zero-order chi connectivity index (χ0) is 10.8. The van der Waals surface area contributed by atoms with Crippen molar-refractivity contribution in [3.63, 3.8) is 0 Å². The van der Waals surface area contributed by atoms with Gasteiger partial charge in [-0.05, 0) is 52.6 Å². The maximum Gasteiger partial charge on any atom is 0.153 e. The molecule has 76 valence electrons. The number of benzene rings is 1. The predicted molar refractivity (Wildman–Crippen MR) is 61.5 cm³/mol. The zero-order valence-electron chi connectivity index (χ0n) is 8.23. The van der Waals surface area contributed by atoms with Crippen molar-refractivity contribution in [3.05, 3.63) is 40.1 Å². The summed E-state index contributed by atoms with van der Waals surface area (Å²) in [5, 5.41) is 13.6. The molecular formula is C12H10O2S. The number of phenols is 1. The molecule has 1 heterocycles. The number of rotatable bonds is 2. The van der Waals surface area contributed by atoms with Gasteiger partial charge in [-0.1, -0.05) is 0 Å². The Morgan fingerprint density at radius 2 is 2.13 bits per heavy atom. The number of hydrogen-bond donors (Lipinski definition) is 1. The molecule has 15 heavy (non-hydrogen) atoms. The summed E-state index contributed by atoms with van der Waals surface area (Å²) in [5.74, 6) is 0.0731. The van der Waals surface area contributed by atoms with Crippen LogP contribution in [0.25, 0.3) is 11.1 Å². The summed E-state index contributed by atoms with van der Waals surface area (Å²) >= 11 is 1.61. The van der Waals surface area contributed by atoms with Gasteiger partial charge in [0.1, 0.15) is 5.75 Å². The van der Waals surface area contributed by atoms with E-state index in [9.17, 15) is 9.90 Å². The van der Waals surface area contributed by atoms with E-state index in [0.717, 1.165) is 16.7 Å². The molecule has 0 saturated heterocycles. The quantitative estimate of drug-likeness (QED) is 0.786. The number of phenolic OH excluding ortho intramolecular Hbond substituents is 1. The molecule has 0 aliphatic heterocycles. The third kappa shape index (κ3) is 1.78. The van der Waals surface area contributed by atoms with E-state index < -0.39 is 0 Å². The van der Waals surface area contributed by atoms with Gasteiger partial charge in [0.25, 0.3) is 0 Å². The van der Waals surface area contributed by atoms with Crippen LogP contribution >= 0.6 is 11.3 Å². The van der Waals surface area contributed by atoms with Crippen molar-refractivity contribution >= 4 is 17.6 Å². The normalized spacial score (nSPS) is 10.2. The summed E-state index contributed by atoms with van der Waals surface area (Å²) in [5.41, 5.74) is 3.11. The molecule has 0 aliphatic rings. The Hall–Kier alpha value is -1.61. The number of carbonyl (C=O) groups is 1. The Kier molecular flexibility index (Phi) is 2.56. The molecular weight excluding hydrogens is 208 g/mol. The molecule has 3 heteroatoms. The predicted octanol–water partition coefficient (Wildman–Crippen LogP) is 3.24. The highest BCUT2D eigenvalue weighted by Gasteiger charge is 2.07. The molecule has 2 nitrogen and oxygen atoms in total. The minimum Gasteiger partial charge on any atom is -0.507 e. The molecule has 1 N–H and O–H groups in total. The number of aldehydes is 1. The molecule has 0 atom stereocenters. The number of hydrogen-bond acceptors (Lipinski definition) is 3. The second-order valence-electron chi connectivity index (χ2n) is 3.36. The van der Waals surface area contributed by atoms with Crippen LogP contribution in [-0.2, 0) is 0 Å². The van der Waals surface area contributed by atoms with Gasteiger partial charge in [0.05, 0.1) is 5.56 Å². The highest BCUT2D eigenvalue weighted by atomic mass is 32.1. The van der Waals surface area contributed by atoms with E-state index in [4.69, 9.17) is 0 Å². The Labute approximate surface area is 91.8 Å². The van der Waals surface area contributed by atoms with E-state index in [1.165, 1.54) is 0 Å². The lowest BCUT2D eigenvalue weighted by Crippen LogP contribution is -1.87. The highest BCUT2D eigenvalue weighted by Crippen LogP contribution is 2.29. The van der Waals surface area contributed by atoms with Crippen LogP contribution in [-0.4, -0.2) is 11.4 Å². The van der Waals surface area contributed by atoms with Crippen LogP contribution in [0.15, 0.2) is 29.0 Å². The van der Waals surface area contributed by atoms with Gasteiger partial charge >= 0.3 is 0 Å². The maximum atomic E-state index is 10.7. The molecule has 0 fully saturated rings. The molecule has 0 bridgehead atoms. The maximum absolute atomic E-state index is 10.7. The molecule has 2 rings (SSSR count). The fourth-order valence-electron chi connectivity index (χ4n) is 1.49. The van der Waals surface area contributed by atoms with Crippen molar-refractivity contribution in [1.82, 2.24) is 0 Å². The third-order valence-corrected chi connectivity index (χ3v) is 2.99. The molecule has 0 unspecified atom stereocenters. The monoisotopic (exact) mass is 218 g/mol. The van der Waals surface area contributed by atoms with Gasteiger partial charge < -0.3 is 5.11 Å². The second kappa shape index (κ2) is 3.87. The first-order valence-electron chi connectivity index (χ1n) is 4.53. The molecule has 1 aromatic carbocycles. The molecule has 1 aromatic heterocycles. The van der Waals surface area contributed by atoms with Gasteiger partial charge in [-0.15, -0.1) is 0 Å². The summed E-state index contributed by atoms with van der Waals surface area (Å²) in [6.45, 7) is 1.79. The molecule has 0 amide bonds. The lowest BCUT2D eigenvalue weighted by molar-refractivity contribution is 0.112. The molecule has 0 saturated carbocycles. The first-order chi connectivity index (χ1) is 7.22. The van der Waals surface area contributed by atoms with Gasteiger partial charge in [0.2, 0.25) is 0 Å². The molecule has 2 aromatic rings. The minimum absolute atomic E-state index is 0.0731. The third-order valence-electron chi connectivity index (χ3n) is 2.31. The summed E-state index contributed by atoms with van der Waals surface area (Å²) in [7, 11) is 0. The smallest absolute Gasteiger partial charge is 0.153 e. The van der Waals surface area contributed by atoms with E-state index >= 15 is 0 Å². The average molecular weight is 218 g/mol. The number of thiophene rings is 1. The van der Waals surface area contributed by atoms with Crippen molar-refractivity contribution in [2.45, 2.75) is 6.92 Å². The molecule has 0 spiro atoms. The Morgan fingerprint density at radius 1 is 1.33 bits per heavy atom. The zero-order valence-corrected chi connectivity index (χ0v) is 9.04. The summed E-state index contributed by atoms with van der Waals surface area (Å²) in [6, 6.07) is 5.58. The Morgan fingerprint density at radius 3 is 2.73 bits per heavy atom. The van der Waals surface area contributed by atoms with Gasteiger partial charge in [-0.2, -0.15) is 11.3 Å². The van der Waals surface area contributed by atoms with Crippen LogP contribution in [0.5, 0.6) is 5.75 Å². The number of aryl methyl sites for hydroxylation is 1. The van der Waals surface area contributed by atoms with Crippen molar-refractivity contribution in [2.75, 3.05) is 0 Å². The van der Waals surface area contributed by atoms with E-state index in [1.807, 2.05) is 22.9 Å². The fraction of sp³-hybridized carbons (Fsp3) is 0.0833. The average Bonchev–Trinajstić information content (AvgIpc) is 2.75. The van der Waals surface area contributed by atoms with E-state index in [2.05, 4.69) is 0 Å². The first-order valence-corrected chi connectivity index (χ1v) is 5.48. The largest absolute Gasteiger partial charge is 0.507 e. The Bertz CT molecular complexity index is 487. The van der Waals surface area contributed by atoms with Gasteiger partial charge in [0.15, 0.2) is 6.29 Å². The van der Waals surface area contributed by atoms with Crippen LogP contribution in [0.4, 0.5) is 0 Å². The molecule has 0 radical (unpaired) electrons. The van der Waals surface area contributed by atoms with Crippen LogP contribution < -0.4 is 0 Å². The lowest BCUT2D eigenvalue weighted by atomic mass is 10.0. The summed E-state index contributed by atoms with van der Waals surface area (Å²) in [6.07, 6.45) is 0.679. The standard InChI is InChI=1S/C12H10O2S/c1-8-4-10(9-2-3-15-7-9)5-11(6-13)12(8)14/h2-7,14H,1H3. The van der Waals surface area contributed by atoms with Crippen LogP contribution in [0.2, 0.25) is 0 Å². The van der Waals surface area contributed by atoms with E-state index in [-0.39, 0.29) is 5.75 Å². The number of aromatic hydroxyl groups is 1. The summed E-state index contributed by atoms with van der Waals surface area (Å²) in [4.78, 5) is 10.7. The lowest BCUT2D eigenvalue weighted by Gasteiger charge is -2.05. The molecule has 0 aliphatic carbocycles. The van der Waals surface area contributed by atoms with Crippen LogP contribution in [0, 0.1) is 6.92 Å². The van der Waals surface area contributed by atoms with Crippen molar-refractivity contribution in [1.29, 1.82) is 0 Å². The van der Waals surface area contributed by atoms with Gasteiger partial charge in [-0.25, -0.2) is 0 Å². The topological polar surface area (TPSA) is 37.3 Å². The first kappa shape index (κ1) is 9.93. The van der Waals surface area contributed by atoms with Crippen LogP contribution in [0.1, 0.15) is 15.9 Å². The minimum atomic E-state index is 0.0731. The van der Waals surface area contributed by atoms with Crippen molar-refractivity contribution in [3.8, 4) is 16.9 Å². The van der Waals surface area contributed by atoms with Crippen LogP contribution in [0.3, 0.4) is 0 Å². The van der Waals surface area contributed by atoms with Crippen molar-refractivity contribution < 1.29 is 9.90 Å². The van der Waals surface area contributed by atoms with Crippen molar-refractivity contribution in [2.24, 2.45) is 0 Å². The van der Waals surface area contributed by atoms with E-state index in [1.54, 1.807) is 24.3 Å². The second-order valence-corrected chi connectivity index (χ2v) is 4.14. The van der Waals surface area contributed by atoms with E-state index in [0.29, 0.717) is 11.8 Å². The van der Waals surface area contributed by atoms with Gasteiger partial charge in [0, 0.05) is 0 Å². The summed E-state index contributed by atoms with van der Waals surface area (Å²) < 4.78 is 0. The Balaban J connectivity index is 2.60.